The van der Waals surface area contributed by atoms with E-state index in [0.29, 0.717) is 6.42 Å². The molecule has 0 aromatic heterocycles. The molecule has 0 saturated carbocycles. The summed E-state index contributed by atoms with van der Waals surface area (Å²) in [5.74, 6) is -0.153. The van der Waals surface area contributed by atoms with E-state index in [2.05, 4.69) is 12.2 Å². The highest BCUT2D eigenvalue weighted by atomic mass is 16.1. The molecule has 1 amide bonds. The average Bonchev–Trinajstić information content (AvgIpc) is 3.39. The summed E-state index contributed by atoms with van der Waals surface area (Å²) in [5.41, 5.74) is 5.11. The Morgan fingerprint density at radius 1 is 0.696 bits per heavy atom. The van der Waals surface area contributed by atoms with Gasteiger partial charge >= 0.3 is 0 Å². The highest BCUT2D eigenvalue weighted by Crippen LogP contribution is 2.13. The first kappa shape index (κ1) is 22.4. The third-order valence-electron chi connectivity index (χ3n) is 4.28. The summed E-state index contributed by atoms with van der Waals surface area (Å²) in [6, 6.07) is 0. The zero-order valence-corrected chi connectivity index (χ0v) is 15.7. The van der Waals surface area contributed by atoms with Crippen molar-refractivity contribution in [2.45, 2.75) is 110 Å². The van der Waals surface area contributed by atoms with Crippen molar-refractivity contribution in [3.05, 3.63) is 0 Å². The number of hydrogen-bond donors (Lipinski definition) is 2. The van der Waals surface area contributed by atoms with Crippen LogP contribution in [-0.4, -0.2) is 19.0 Å². The van der Waals surface area contributed by atoms with Gasteiger partial charge in [0.15, 0.2) is 0 Å². The van der Waals surface area contributed by atoms with Gasteiger partial charge in [-0.05, 0) is 6.42 Å². The van der Waals surface area contributed by atoms with E-state index in [9.17, 15) is 4.79 Å². The number of carbonyl (C=O) groups is 1. The quantitative estimate of drug-likeness (QED) is 0.298. The lowest BCUT2D eigenvalue weighted by Gasteiger charge is -2.03. The van der Waals surface area contributed by atoms with Crippen molar-refractivity contribution in [2.24, 2.45) is 5.73 Å². The van der Waals surface area contributed by atoms with Gasteiger partial charge in [0.1, 0.15) is 0 Å². The highest BCUT2D eigenvalue weighted by molar-refractivity contribution is 5.73. The fraction of sp³-hybridized carbons (Fsp3) is 0.950. The van der Waals surface area contributed by atoms with Gasteiger partial charge in [0.2, 0.25) is 5.91 Å². The Labute approximate surface area is 145 Å². The van der Waals surface area contributed by atoms with E-state index < -0.39 is 0 Å². The Morgan fingerprint density at radius 3 is 1.26 bits per heavy atom. The molecule has 0 radical (unpaired) electrons. The van der Waals surface area contributed by atoms with Crippen LogP contribution >= 0.6 is 0 Å². The van der Waals surface area contributed by atoms with Gasteiger partial charge in [-0.3, -0.25) is 4.79 Å². The molecule has 1 aliphatic heterocycles. The summed E-state index contributed by atoms with van der Waals surface area (Å²) in [6.07, 6.45) is 20.9. The van der Waals surface area contributed by atoms with Crippen molar-refractivity contribution < 1.29 is 4.79 Å². The SMILES string of the molecule is C1CN1.CCCCCCCCCCCCCCCCCC(N)=O. The molecule has 0 aliphatic carbocycles. The number of nitrogens with two attached hydrogens (primary N) is 1. The first-order valence-corrected chi connectivity index (χ1v) is 10.3. The second kappa shape index (κ2) is 19.5. The summed E-state index contributed by atoms with van der Waals surface area (Å²) in [5, 5.41) is 3.00. The van der Waals surface area contributed by atoms with E-state index in [-0.39, 0.29) is 5.91 Å². The molecule has 3 heteroatoms. The fourth-order valence-corrected chi connectivity index (χ4v) is 2.67. The molecule has 1 saturated heterocycles. The molecule has 1 aliphatic rings. The van der Waals surface area contributed by atoms with Crippen LogP contribution in [0.2, 0.25) is 0 Å². The molecule has 0 aromatic carbocycles. The van der Waals surface area contributed by atoms with Crippen LogP contribution in [0.3, 0.4) is 0 Å². The Bertz CT molecular complexity index is 239. The number of rotatable bonds is 16. The minimum absolute atomic E-state index is 0.153. The monoisotopic (exact) mass is 326 g/mol. The molecule has 138 valence electrons. The largest absolute Gasteiger partial charge is 0.370 e. The highest BCUT2D eigenvalue weighted by Gasteiger charge is 1.96. The predicted molar refractivity (Wildman–Crippen MR) is 102 cm³/mol. The molecule has 1 heterocycles. The first-order valence-electron chi connectivity index (χ1n) is 10.3. The van der Waals surface area contributed by atoms with Gasteiger partial charge in [0, 0.05) is 19.5 Å². The molecule has 23 heavy (non-hydrogen) atoms. The number of unbranched alkanes of at least 4 members (excludes halogenated alkanes) is 14. The predicted octanol–water partition coefficient (Wildman–Crippen LogP) is 5.32. The van der Waals surface area contributed by atoms with Crippen LogP contribution in [0.5, 0.6) is 0 Å². The molecule has 1 rings (SSSR count). The van der Waals surface area contributed by atoms with Crippen LogP contribution in [0.4, 0.5) is 0 Å². The van der Waals surface area contributed by atoms with Crippen LogP contribution in [0.15, 0.2) is 0 Å². The third-order valence-corrected chi connectivity index (χ3v) is 4.28. The topological polar surface area (TPSA) is 65.0 Å². The van der Waals surface area contributed by atoms with Crippen molar-refractivity contribution >= 4 is 5.91 Å². The third kappa shape index (κ3) is 26.6. The summed E-state index contributed by atoms with van der Waals surface area (Å²) in [7, 11) is 0. The normalized spacial score (nSPS) is 12.6. The van der Waals surface area contributed by atoms with E-state index >= 15 is 0 Å². The maximum atomic E-state index is 10.6. The fourth-order valence-electron chi connectivity index (χ4n) is 2.67. The summed E-state index contributed by atoms with van der Waals surface area (Å²) >= 11 is 0. The van der Waals surface area contributed by atoms with Gasteiger partial charge in [0.25, 0.3) is 0 Å². The minimum Gasteiger partial charge on any atom is -0.370 e. The molecular formula is C20H42N2O. The van der Waals surface area contributed by atoms with Crippen molar-refractivity contribution in [1.29, 1.82) is 0 Å². The minimum atomic E-state index is -0.153. The Morgan fingerprint density at radius 2 is 1.00 bits per heavy atom. The molecule has 0 bridgehead atoms. The lowest BCUT2D eigenvalue weighted by Crippen LogP contribution is -2.09. The zero-order valence-electron chi connectivity index (χ0n) is 15.7. The Balaban J connectivity index is 0.00000143. The smallest absolute Gasteiger partial charge is 0.217 e. The summed E-state index contributed by atoms with van der Waals surface area (Å²) < 4.78 is 0. The standard InChI is InChI=1S/C18H37NO.C2H5N/c1-2-3-4-5-6-7-8-9-10-11-12-13-14-15-16-17-18(19)20;1-2-3-1/h2-17H2,1H3,(H2,19,20);3H,1-2H2. The second-order valence-corrected chi connectivity index (χ2v) is 6.92. The molecule has 3 nitrogen and oxygen atoms in total. The summed E-state index contributed by atoms with van der Waals surface area (Å²) in [4.78, 5) is 10.6. The van der Waals surface area contributed by atoms with Gasteiger partial charge < -0.3 is 11.1 Å². The number of carbonyl (C=O) groups excluding carboxylic acids is 1. The lowest BCUT2D eigenvalue weighted by molar-refractivity contribution is -0.118. The van der Waals surface area contributed by atoms with Crippen LogP contribution in [0.25, 0.3) is 0 Å². The average molecular weight is 327 g/mol. The van der Waals surface area contributed by atoms with Crippen LogP contribution in [0, 0.1) is 0 Å². The molecule has 1 fully saturated rings. The lowest BCUT2D eigenvalue weighted by atomic mass is 10.0. The van der Waals surface area contributed by atoms with E-state index in [1.165, 1.54) is 103 Å². The van der Waals surface area contributed by atoms with Crippen LogP contribution < -0.4 is 11.1 Å². The van der Waals surface area contributed by atoms with Gasteiger partial charge in [-0.25, -0.2) is 0 Å². The van der Waals surface area contributed by atoms with Crippen LogP contribution in [-0.2, 0) is 4.79 Å². The molecule has 0 atom stereocenters. The number of primary amides is 1. The number of nitrogens with one attached hydrogen (secondary N) is 1. The Kier molecular flexibility index (Phi) is 19.0. The molecule has 3 N–H and O–H groups in total. The van der Waals surface area contributed by atoms with Crippen molar-refractivity contribution in [3.63, 3.8) is 0 Å². The second-order valence-electron chi connectivity index (χ2n) is 6.92. The molecule has 0 aromatic rings. The van der Waals surface area contributed by atoms with E-state index in [4.69, 9.17) is 5.73 Å². The first-order chi connectivity index (χ1) is 11.3. The van der Waals surface area contributed by atoms with Gasteiger partial charge in [-0.1, -0.05) is 96.8 Å². The van der Waals surface area contributed by atoms with Crippen molar-refractivity contribution in [1.82, 2.24) is 5.32 Å². The van der Waals surface area contributed by atoms with E-state index in [1.807, 2.05) is 0 Å². The molecule has 0 spiro atoms. The van der Waals surface area contributed by atoms with Crippen LogP contribution in [0.1, 0.15) is 110 Å². The van der Waals surface area contributed by atoms with E-state index in [0.717, 1.165) is 6.42 Å². The summed E-state index contributed by atoms with van der Waals surface area (Å²) in [6.45, 7) is 4.78. The van der Waals surface area contributed by atoms with Gasteiger partial charge in [0.05, 0.1) is 0 Å². The van der Waals surface area contributed by atoms with Gasteiger partial charge in [-0.2, -0.15) is 0 Å². The maximum Gasteiger partial charge on any atom is 0.217 e. The maximum absolute atomic E-state index is 10.6. The molecular weight excluding hydrogens is 284 g/mol. The number of hydrogen-bond acceptors (Lipinski definition) is 2. The van der Waals surface area contributed by atoms with Gasteiger partial charge in [-0.15, -0.1) is 0 Å². The molecule has 0 unspecified atom stereocenters. The van der Waals surface area contributed by atoms with E-state index in [1.54, 1.807) is 0 Å². The Hall–Kier alpha value is -0.570. The zero-order chi connectivity index (χ0) is 17.0. The van der Waals surface area contributed by atoms with Crippen molar-refractivity contribution in [3.8, 4) is 0 Å². The number of amides is 1. The van der Waals surface area contributed by atoms with Crippen molar-refractivity contribution in [2.75, 3.05) is 13.1 Å².